The summed E-state index contributed by atoms with van der Waals surface area (Å²) in [6, 6.07) is 17.7. The molecule has 0 saturated carbocycles. The van der Waals surface area contributed by atoms with E-state index in [2.05, 4.69) is 0 Å². The molecule has 0 fully saturated rings. The van der Waals surface area contributed by atoms with Crippen LogP contribution in [0.3, 0.4) is 0 Å². The minimum atomic E-state index is -0.931. The Kier molecular flexibility index (Phi) is 6.66. The molecule has 3 aromatic carbocycles. The van der Waals surface area contributed by atoms with Crippen LogP contribution in [0.15, 0.2) is 60.7 Å². The van der Waals surface area contributed by atoms with E-state index in [9.17, 15) is 20.3 Å². The third-order valence-electron chi connectivity index (χ3n) is 4.93. The molecule has 0 spiro atoms. The van der Waals surface area contributed by atoms with Crippen LogP contribution < -0.4 is 9.47 Å². The average Bonchev–Trinajstić information content (AvgIpc) is 2.78. The van der Waals surface area contributed by atoms with Crippen LogP contribution in [0, 0.1) is 10.1 Å². The molecule has 30 heavy (non-hydrogen) atoms. The van der Waals surface area contributed by atoms with Crippen molar-refractivity contribution in [3.05, 3.63) is 87.5 Å². The molecule has 156 valence electrons. The van der Waals surface area contributed by atoms with E-state index >= 15 is 0 Å². The zero-order valence-corrected chi connectivity index (χ0v) is 16.7. The van der Waals surface area contributed by atoms with Gasteiger partial charge in [0, 0.05) is 12.0 Å². The smallest absolute Gasteiger partial charge is 0.276 e. The van der Waals surface area contributed by atoms with Gasteiger partial charge < -0.3 is 19.7 Å². The van der Waals surface area contributed by atoms with Crippen LogP contribution in [0.25, 0.3) is 11.1 Å². The largest absolute Gasteiger partial charge is 0.493 e. The van der Waals surface area contributed by atoms with Gasteiger partial charge in [-0.15, -0.1) is 0 Å². The second kappa shape index (κ2) is 9.39. The van der Waals surface area contributed by atoms with Crippen molar-refractivity contribution in [2.24, 2.45) is 0 Å². The Bertz CT molecular complexity index is 1030. The number of nitrogens with zero attached hydrogens (tertiary/aromatic N) is 1. The van der Waals surface area contributed by atoms with Crippen LogP contribution in [0.5, 0.6) is 11.5 Å². The van der Waals surface area contributed by atoms with Gasteiger partial charge in [-0.2, -0.15) is 0 Å². The lowest BCUT2D eigenvalue weighted by Crippen LogP contribution is -2.06. The summed E-state index contributed by atoms with van der Waals surface area (Å²) in [6.45, 7) is -0.0330. The normalized spacial score (nSPS) is 11.7. The molecule has 0 aromatic heterocycles. The van der Waals surface area contributed by atoms with Crippen molar-refractivity contribution < 1.29 is 24.6 Å². The van der Waals surface area contributed by atoms with Gasteiger partial charge in [0.05, 0.1) is 37.9 Å². The first kappa shape index (κ1) is 21.3. The molecule has 3 rings (SSSR count). The molecule has 1 unspecified atom stereocenters. The Hall–Kier alpha value is -3.42. The van der Waals surface area contributed by atoms with E-state index in [-0.39, 0.29) is 24.5 Å². The predicted octanol–water partition coefficient (Wildman–Crippen LogP) is 4.05. The summed E-state index contributed by atoms with van der Waals surface area (Å²) in [5, 5.41) is 31.5. The van der Waals surface area contributed by atoms with Crippen molar-refractivity contribution >= 4 is 5.69 Å². The number of hydrogen-bond donors (Lipinski definition) is 2. The molecule has 0 aliphatic heterocycles. The number of aliphatic hydroxyl groups excluding tert-OH is 2. The summed E-state index contributed by atoms with van der Waals surface area (Å²) in [5.74, 6) is 0.626. The highest BCUT2D eigenvalue weighted by Crippen LogP contribution is 2.36. The molecule has 0 radical (unpaired) electrons. The highest BCUT2D eigenvalue weighted by Gasteiger charge is 2.22. The molecule has 7 nitrogen and oxygen atoms in total. The molecule has 0 aliphatic rings. The van der Waals surface area contributed by atoms with E-state index in [1.807, 2.05) is 36.4 Å². The summed E-state index contributed by atoms with van der Waals surface area (Å²) >= 11 is 0. The zero-order valence-electron chi connectivity index (χ0n) is 16.7. The summed E-state index contributed by atoms with van der Waals surface area (Å²) in [4.78, 5) is 11.0. The second-order valence-electron chi connectivity index (χ2n) is 6.79. The first-order chi connectivity index (χ1) is 14.5. The molecule has 0 aliphatic carbocycles. The summed E-state index contributed by atoms with van der Waals surface area (Å²) in [5.41, 5.74) is 3.57. The van der Waals surface area contributed by atoms with Crippen LogP contribution in [0.4, 0.5) is 5.69 Å². The van der Waals surface area contributed by atoms with Gasteiger partial charge in [-0.1, -0.05) is 42.5 Å². The molecule has 3 aromatic rings. The first-order valence-electron chi connectivity index (χ1n) is 9.34. The first-order valence-corrected chi connectivity index (χ1v) is 9.34. The van der Waals surface area contributed by atoms with Gasteiger partial charge in [0.2, 0.25) is 0 Å². The van der Waals surface area contributed by atoms with Crippen molar-refractivity contribution in [1.29, 1.82) is 0 Å². The van der Waals surface area contributed by atoms with Crippen molar-refractivity contribution in [3.63, 3.8) is 0 Å². The van der Waals surface area contributed by atoms with Crippen molar-refractivity contribution in [1.82, 2.24) is 0 Å². The molecule has 0 heterocycles. The summed E-state index contributed by atoms with van der Waals surface area (Å²) in [7, 11) is 2.86. The molecule has 0 saturated heterocycles. The van der Waals surface area contributed by atoms with Gasteiger partial charge in [0.25, 0.3) is 5.69 Å². The number of nitro benzene ring substituents is 1. The molecule has 1 atom stereocenters. The maximum Gasteiger partial charge on any atom is 0.276 e. The van der Waals surface area contributed by atoms with E-state index in [1.165, 1.54) is 26.4 Å². The Balaban J connectivity index is 1.85. The van der Waals surface area contributed by atoms with Crippen LogP contribution in [-0.2, 0) is 13.0 Å². The van der Waals surface area contributed by atoms with Crippen molar-refractivity contribution in [3.8, 4) is 22.6 Å². The Morgan fingerprint density at radius 2 is 1.63 bits per heavy atom. The lowest BCUT2D eigenvalue weighted by Gasteiger charge is -2.14. The fourth-order valence-corrected chi connectivity index (χ4v) is 3.32. The number of hydrogen-bond acceptors (Lipinski definition) is 6. The van der Waals surface area contributed by atoms with Crippen LogP contribution >= 0.6 is 0 Å². The molecule has 0 amide bonds. The third-order valence-corrected chi connectivity index (χ3v) is 4.93. The van der Waals surface area contributed by atoms with Crippen LogP contribution in [0.1, 0.15) is 22.8 Å². The SMILES string of the molecule is COc1cc(CC(O)c2ccc(-c3cccc(CO)c3)cc2)c([N+](=O)[O-])cc1OC. The zero-order chi connectivity index (χ0) is 21.7. The molecular formula is C23H23NO6. The number of benzene rings is 3. The average molecular weight is 409 g/mol. The molecule has 0 bridgehead atoms. The number of aliphatic hydroxyl groups is 2. The Morgan fingerprint density at radius 3 is 2.23 bits per heavy atom. The summed E-state index contributed by atoms with van der Waals surface area (Å²) < 4.78 is 10.4. The fraction of sp³-hybridized carbons (Fsp3) is 0.217. The van der Waals surface area contributed by atoms with Crippen LogP contribution in [0.2, 0.25) is 0 Å². The minimum absolute atomic E-state index is 0.0330. The fourth-order valence-electron chi connectivity index (χ4n) is 3.32. The summed E-state index contributed by atoms with van der Waals surface area (Å²) in [6.07, 6.45) is -0.879. The predicted molar refractivity (Wildman–Crippen MR) is 113 cm³/mol. The van der Waals surface area contributed by atoms with E-state index in [4.69, 9.17) is 9.47 Å². The molecule has 2 N–H and O–H groups in total. The highest BCUT2D eigenvalue weighted by atomic mass is 16.6. The van der Waals surface area contributed by atoms with E-state index in [1.54, 1.807) is 12.1 Å². The lowest BCUT2D eigenvalue weighted by molar-refractivity contribution is -0.385. The maximum absolute atomic E-state index is 11.5. The number of ether oxygens (including phenoxy) is 2. The Morgan fingerprint density at radius 1 is 0.967 bits per heavy atom. The highest BCUT2D eigenvalue weighted by molar-refractivity contribution is 5.64. The maximum atomic E-state index is 11.5. The number of nitro groups is 1. The van der Waals surface area contributed by atoms with Crippen molar-refractivity contribution in [2.75, 3.05) is 14.2 Å². The van der Waals surface area contributed by atoms with Crippen LogP contribution in [-0.4, -0.2) is 29.4 Å². The van der Waals surface area contributed by atoms with Gasteiger partial charge in [-0.05, 0) is 34.4 Å². The van der Waals surface area contributed by atoms with Gasteiger partial charge in [-0.3, -0.25) is 10.1 Å². The molecular weight excluding hydrogens is 386 g/mol. The van der Waals surface area contributed by atoms with Gasteiger partial charge >= 0.3 is 0 Å². The minimum Gasteiger partial charge on any atom is -0.493 e. The third kappa shape index (κ3) is 4.59. The number of rotatable bonds is 8. The topological polar surface area (TPSA) is 102 Å². The monoisotopic (exact) mass is 409 g/mol. The van der Waals surface area contributed by atoms with Gasteiger partial charge in [0.1, 0.15) is 0 Å². The van der Waals surface area contributed by atoms with Gasteiger partial charge in [0.15, 0.2) is 11.5 Å². The van der Waals surface area contributed by atoms with E-state index in [0.717, 1.165) is 16.7 Å². The molecule has 7 heteroatoms. The standard InChI is InChI=1S/C23H23NO6/c1-29-22-12-19(20(24(27)28)13-23(22)30-2)11-21(26)17-8-6-16(7-9-17)18-5-3-4-15(10-18)14-25/h3-10,12-13,21,25-26H,11,14H2,1-2H3. The van der Waals surface area contributed by atoms with E-state index in [0.29, 0.717) is 16.9 Å². The second-order valence-corrected chi connectivity index (χ2v) is 6.79. The van der Waals surface area contributed by atoms with Crippen molar-refractivity contribution in [2.45, 2.75) is 19.1 Å². The number of methoxy groups -OCH3 is 2. The quantitative estimate of drug-likeness (QED) is 0.430. The van der Waals surface area contributed by atoms with E-state index < -0.39 is 11.0 Å². The van der Waals surface area contributed by atoms with Gasteiger partial charge in [-0.25, -0.2) is 0 Å². The Labute approximate surface area is 174 Å². The lowest BCUT2D eigenvalue weighted by atomic mass is 9.97.